The smallest absolute Gasteiger partial charge is 0.264 e. The van der Waals surface area contributed by atoms with Gasteiger partial charge >= 0.3 is 0 Å². The quantitative estimate of drug-likeness (QED) is 0.747. The summed E-state index contributed by atoms with van der Waals surface area (Å²) in [6, 6.07) is 24.4. The van der Waals surface area contributed by atoms with Crippen molar-refractivity contribution in [2.24, 2.45) is 5.92 Å². The van der Waals surface area contributed by atoms with E-state index in [2.05, 4.69) is 0 Å². The number of aryl methyl sites for hydroxylation is 1. The second-order valence-corrected chi connectivity index (χ2v) is 7.77. The van der Waals surface area contributed by atoms with Crippen LogP contribution in [0.25, 0.3) is 0 Å². The number of hydrogen-bond donors (Lipinski definition) is 1. The first-order chi connectivity index (χ1) is 14.1. The molecule has 1 aliphatic heterocycles. The lowest BCUT2D eigenvalue weighted by Gasteiger charge is -2.34. The van der Waals surface area contributed by atoms with E-state index in [9.17, 15) is 14.7 Å². The molecule has 0 aromatic heterocycles. The maximum absolute atomic E-state index is 13.6. The van der Waals surface area contributed by atoms with Gasteiger partial charge in [-0.1, -0.05) is 72.8 Å². The van der Waals surface area contributed by atoms with Gasteiger partial charge in [0.05, 0.1) is 18.2 Å². The van der Waals surface area contributed by atoms with Crippen LogP contribution in [0.15, 0.2) is 78.9 Å². The molecule has 4 heteroatoms. The van der Waals surface area contributed by atoms with Crippen LogP contribution in [0.2, 0.25) is 0 Å². The van der Waals surface area contributed by atoms with Crippen molar-refractivity contribution >= 4 is 17.4 Å². The minimum atomic E-state index is -1.84. The number of hydrogen-bond acceptors (Lipinski definition) is 3. The zero-order valence-electron chi connectivity index (χ0n) is 15.9. The zero-order valence-corrected chi connectivity index (χ0v) is 15.9. The number of rotatable bonds is 3. The van der Waals surface area contributed by atoms with Crippen molar-refractivity contribution in [3.8, 4) is 0 Å². The average molecular weight is 383 g/mol. The van der Waals surface area contributed by atoms with Crippen molar-refractivity contribution in [1.82, 2.24) is 0 Å². The summed E-state index contributed by atoms with van der Waals surface area (Å²) < 4.78 is 0. The fourth-order valence-electron chi connectivity index (χ4n) is 4.72. The minimum Gasteiger partial charge on any atom is -0.375 e. The highest BCUT2D eigenvalue weighted by molar-refractivity contribution is 6.12. The van der Waals surface area contributed by atoms with Gasteiger partial charge < -0.3 is 10.0 Å². The Labute approximate surface area is 169 Å². The molecule has 5 rings (SSSR count). The van der Waals surface area contributed by atoms with Crippen LogP contribution >= 0.6 is 0 Å². The third kappa shape index (κ3) is 2.64. The van der Waals surface area contributed by atoms with Crippen LogP contribution in [-0.2, 0) is 23.4 Å². The molecule has 4 nitrogen and oxygen atoms in total. The van der Waals surface area contributed by atoms with E-state index in [1.165, 1.54) is 0 Å². The third-order valence-electron chi connectivity index (χ3n) is 6.17. The Kier molecular flexibility index (Phi) is 4.10. The van der Waals surface area contributed by atoms with Gasteiger partial charge in [0.2, 0.25) is 0 Å². The van der Waals surface area contributed by atoms with Crippen LogP contribution in [0.3, 0.4) is 0 Å². The van der Waals surface area contributed by atoms with Crippen LogP contribution in [0.4, 0.5) is 5.69 Å². The number of anilines is 1. The number of carbonyl (C=O) groups is 2. The highest BCUT2D eigenvalue weighted by atomic mass is 16.3. The third-order valence-corrected chi connectivity index (χ3v) is 6.17. The first kappa shape index (κ1) is 17.8. The number of amides is 1. The molecule has 2 atom stereocenters. The first-order valence-corrected chi connectivity index (χ1v) is 9.90. The van der Waals surface area contributed by atoms with Crippen molar-refractivity contribution in [2.75, 3.05) is 4.90 Å². The predicted octanol–water partition coefficient (Wildman–Crippen LogP) is 3.87. The molecule has 0 saturated carbocycles. The lowest BCUT2D eigenvalue weighted by molar-refractivity contribution is -0.140. The number of carbonyl (C=O) groups excluding carboxylic acids is 2. The molecule has 1 amide bonds. The largest absolute Gasteiger partial charge is 0.375 e. The number of Topliss-reactive ketones (excluding diaryl/α,β-unsaturated/α-hetero) is 1. The van der Waals surface area contributed by atoms with Crippen LogP contribution < -0.4 is 4.90 Å². The number of para-hydroxylation sites is 1. The van der Waals surface area contributed by atoms with Gasteiger partial charge in [-0.2, -0.15) is 0 Å². The molecule has 0 radical (unpaired) electrons. The number of ketones is 1. The fourth-order valence-corrected chi connectivity index (χ4v) is 4.72. The molecule has 3 aromatic carbocycles. The fraction of sp³-hybridized carbons (Fsp3) is 0.200. The second-order valence-electron chi connectivity index (χ2n) is 7.77. The van der Waals surface area contributed by atoms with E-state index in [4.69, 9.17) is 0 Å². The predicted molar refractivity (Wildman–Crippen MR) is 111 cm³/mol. The first-order valence-electron chi connectivity index (χ1n) is 9.90. The minimum absolute atomic E-state index is 0.154. The summed E-state index contributed by atoms with van der Waals surface area (Å²) in [6.07, 6.45) is 1.12. The van der Waals surface area contributed by atoms with Crippen molar-refractivity contribution in [2.45, 2.75) is 25.0 Å². The topological polar surface area (TPSA) is 57.6 Å². The second kappa shape index (κ2) is 6.68. The molecular weight excluding hydrogens is 362 g/mol. The molecule has 0 fully saturated rings. The molecule has 1 aliphatic carbocycles. The number of benzene rings is 3. The van der Waals surface area contributed by atoms with E-state index < -0.39 is 17.4 Å². The van der Waals surface area contributed by atoms with Gasteiger partial charge in [-0.05, 0) is 30.0 Å². The van der Waals surface area contributed by atoms with Crippen molar-refractivity contribution in [1.29, 1.82) is 0 Å². The highest BCUT2D eigenvalue weighted by Crippen LogP contribution is 2.48. The Morgan fingerprint density at radius 2 is 1.59 bits per heavy atom. The summed E-state index contributed by atoms with van der Waals surface area (Å²) in [6.45, 7) is 0.358. The molecule has 1 N–H and O–H groups in total. The van der Waals surface area contributed by atoms with Crippen LogP contribution in [0.5, 0.6) is 0 Å². The van der Waals surface area contributed by atoms with Gasteiger partial charge in [0.15, 0.2) is 11.4 Å². The summed E-state index contributed by atoms with van der Waals surface area (Å²) >= 11 is 0. The summed E-state index contributed by atoms with van der Waals surface area (Å²) in [4.78, 5) is 28.5. The number of nitrogens with zero attached hydrogens (tertiary/aromatic N) is 1. The summed E-state index contributed by atoms with van der Waals surface area (Å²) in [5, 5.41) is 11.8. The standard InChI is InChI=1S/C25H21NO3/c27-23-19-11-5-4-10-18(19)14-15-21(23)25(29)20-12-6-7-13-22(20)26(24(25)28)16-17-8-2-1-3-9-17/h1-13,21,29H,14-16H2/t21-,25-/m0/s1. The van der Waals surface area contributed by atoms with Crippen LogP contribution in [-0.4, -0.2) is 16.8 Å². The van der Waals surface area contributed by atoms with Crippen LogP contribution in [0.1, 0.15) is 33.5 Å². The van der Waals surface area contributed by atoms with Crippen molar-refractivity contribution in [3.05, 3.63) is 101 Å². The molecule has 0 spiro atoms. The van der Waals surface area contributed by atoms with E-state index >= 15 is 0 Å². The van der Waals surface area contributed by atoms with E-state index in [1.54, 1.807) is 17.0 Å². The molecular formula is C25H21NO3. The lowest BCUT2D eigenvalue weighted by atomic mass is 9.71. The molecule has 0 unspecified atom stereocenters. The maximum atomic E-state index is 13.6. The Balaban J connectivity index is 1.58. The highest BCUT2D eigenvalue weighted by Gasteiger charge is 2.57. The van der Waals surface area contributed by atoms with E-state index in [0.29, 0.717) is 36.2 Å². The van der Waals surface area contributed by atoms with E-state index in [-0.39, 0.29) is 5.78 Å². The molecule has 1 heterocycles. The molecule has 3 aromatic rings. The van der Waals surface area contributed by atoms with Gasteiger partial charge in [-0.3, -0.25) is 9.59 Å². The average Bonchev–Trinajstić information content (AvgIpc) is 2.98. The normalized spacial score (nSPS) is 23.1. The monoisotopic (exact) mass is 383 g/mol. The molecule has 2 aliphatic rings. The van der Waals surface area contributed by atoms with Gasteiger partial charge in [0, 0.05) is 11.1 Å². The van der Waals surface area contributed by atoms with Crippen LogP contribution in [0, 0.1) is 5.92 Å². The number of fused-ring (bicyclic) bond motifs is 2. The maximum Gasteiger partial charge on any atom is 0.264 e. The Bertz CT molecular complexity index is 1110. The molecule has 144 valence electrons. The zero-order chi connectivity index (χ0) is 20.0. The summed E-state index contributed by atoms with van der Waals surface area (Å²) in [7, 11) is 0. The Morgan fingerprint density at radius 3 is 2.41 bits per heavy atom. The number of aliphatic hydroxyl groups is 1. The van der Waals surface area contributed by atoms with Crippen molar-refractivity contribution < 1.29 is 14.7 Å². The lowest BCUT2D eigenvalue weighted by Crippen LogP contribution is -2.49. The Hall–Kier alpha value is -3.24. The van der Waals surface area contributed by atoms with Crippen molar-refractivity contribution in [3.63, 3.8) is 0 Å². The van der Waals surface area contributed by atoms with E-state index in [0.717, 1.165) is 11.1 Å². The molecule has 29 heavy (non-hydrogen) atoms. The SMILES string of the molecule is O=C1c2ccccc2CC[C@@H]1[C@]1(O)C(=O)N(Cc2ccccc2)c2ccccc21. The van der Waals surface area contributed by atoms with Gasteiger partial charge in [-0.15, -0.1) is 0 Å². The summed E-state index contributed by atoms with van der Waals surface area (Å²) in [5.41, 5.74) is 1.94. The molecule has 0 bridgehead atoms. The molecule has 0 saturated heterocycles. The Morgan fingerprint density at radius 1 is 0.897 bits per heavy atom. The van der Waals surface area contributed by atoms with E-state index in [1.807, 2.05) is 66.7 Å². The van der Waals surface area contributed by atoms with Gasteiger partial charge in [-0.25, -0.2) is 0 Å². The summed E-state index contributed by atoms with van der Waals surface area (Å²) in [5.74, 6) is -1.36. The van der Waals surface area contributed by atoms with Gasteiger partial charge in [0.25, 0.3) is 5.91 Å². The van der Waals surface area contributed by atoms with Gasteiger partial charge in [0.1, 0.15) is 0 Å².